The molecule has 1 atom stereocenters. The minimum Gasteiger partial charge on any atom is -0.406 e. The molecule has 0 saturated heterocycles. The first-order valence-electron chi connectivity index (χ1n) is 6.68. The number of nitrogens with two attached hydrogens (primary N) is 1. The number of carbonyl (C=O) groups excluding carboxylic acids is 1. The molecule has 118 valence electrons. The second-order valence-corrected chi connectivity index (χ2v) is 4.62. The molecule has 1 rings (SSSR count). The standard InChI is InChI=1S/C14H19F3N2O2/c1-2-6-19-13(20)11(9-18)7-10-4-3-5-12(8-10)21-14(15,16)17/h3-5,8,11H,2,6-7,9,18H2,1H3,(H,19,20). The molecular weight excluding hydrogens is 285 g/mol. The van der Waals surface area contributed by atoms with Gasteiger partial charge in [-0.3, -0.25) is 4.79 Å². The van der Waals surface area contributed by atoms with E-state index in [2.05, 4.69) is 10.1 Å². The van der Waals surface area contributed by atoms with Crippen molar-refractivity contribution in [3.8, 4) is 5.75 Å². The summed E-state index contributed by atoms with van der Waals surface area (Å²) in [6, 6.07) is 5.57. The molecule has 21 heavy (non-hydrogen) atoms. The Balaban J connectivity index is 2.72. The van der Waals surface area contributed by atoms with Gasteiger partial charge in [0, 0.05) is 13.1 Å². The van der Waals surface area contributed by atoms with E-state index in [4.69, 9.17) is 5.73 Å². The van der Waals surface area contributed by atoms with Crippen LogP contribution < -0.4 is 15.8 Å². The summed E-state index contributed by atoms with van der Waals surface area (Å²) in [4.78, 5) is 11.8. The van der Waals surface area contributed by atoms with E-state index in [0.717, 1.165) is 6.42 Å². The Morgan fingerprint density at radius 1 is 1.43 bits per heavy atom. The number of hydrogen-bond donors (Lipinski definition) is 2. The molecule has 0 radical (unpaired) electrons. The zero-order valence-electron chi connectivity index (χ0n) is 11.7. The summed E-state index contributed by atoms with van der Waals surface area (Å²) >= 11 is 0. The van der Waals surface area contributed by atoms with Crippen LogP contribution in [-0.4, -0.2) is 25.4 Å². The van der Waals surface area contributed by atoms with E-state index >= 15 is 0 Å². The normalized spacial score (nSPS) is 12.8. The zero-order valence-corrected chi connectivity index (χ0v) is 11.7. The Hall–Kier alpha value is -1.76. The molecule has 3 N–H and O–H groups in total. The van der Waals surface area contributed by atoms with E-state index < -0.39 is 12.3 Å². The van der Waals surface area contributed by atoms with Crippen molar-refractivity contribution in [2.45, 2.75) is 26.1 Å². The van der Waals surface area contributed by atoms with E-state index in [1.54, 1.807) is 6.07 Å². The monoisotopic (exact) mass is 304 g/mol. The summed E-state index contributed by atoms with van der Waals surface area (Å²) in [5.74, 6) is -0.969. The van der Waals surface area contributed by atoms with Gasteiger partial charge in [0.1, 0.15) is 5.75 Å². The van der Waals surface area contributed by atoms with Gasteiger partial charge in [0.15, 0.2) is 0 Å². The fourth-order valence-corrected chi connectivity index (χ4v) is 1.83. The van der Waals surface area contributed by atoms with Crippen LogP contribution >= 0.6 is 0 Å². The van der Waals surface area contributed by atoms with Crippen molar-refractivity contribution in [2.75, 3.05) is 13.1 Å². The summed E-state index contributed by atoms with van der Waals surface area (Å²) in [5, 5.41) is 2.73. The Morgan fingerprint density at radius 3 is 2.71 bits per heavy atom. The third-order valence-corrected chi connectivity index (χ3v) is 2.82. The average Bonchev–Trinajstić information content (AvgIpc) is 2.40. The van der Waals surface area contributed by atoms with E-state index in [1.807, 2.05) is 6.92 Å². The molecule has 1 aromatic rings. The van der Waals surface area contributed by atoms with E-state index in [9.17, 15) is 18.0 Å². The number of alkyl halides is 3. The molecule has 1 amide bonds. The van der Waals surface area contributed by atoms with Gasteiger partial charge >= 0.3 is 6.36 Å². The number of nitrogens with one attached hydrogen (secondary N) is 1. The van der Waals surface area contributed by atoms with Crippen LogP contribution in [0.5, 0.6) is 5.75 Å². The number of rotatable bonds is 7. The van der Waals surface area contributed by atoms with E-state index in [1.165, 1.54) is 18.2 Å². The smallest absolute Gasteiger partial charge is 0.406 e. The van der Waals surface area contributed by atoms with Crippen LogP contribution in [0, 0.1) is 5.92 Å². The first-order chi connectivity index (χ1) is 9.85. The molecule has 1 aromatic carbocycles. The van der Waals surface area contributed by atoms with Crippen LogP contribution in [0.25, 0.3) is 0 Å². The first-order valence-corrected chi connectivity index (χ1v) is 6.68. The molecule has 0 bridgehead atoms. The van der Waals surface area contributed by atoms with Gasteiger partial charge in [0.2, 0.25) is 5.91 Å². The van der Waals surface area contributed by atoms with Gasteiger partial charge in [-0.25, -0.2) is 0 Å². The molecule has 0 aliphatic rings. The fourth-order valence-electron chi connectivity index (χ4n) is 1.83. The minimum atomic E-state index is -4.73. The summed E-state index contributed by atoms with van der Waals surface area (Å²) in [6.45, 7) is 2.60. The highest BCUT2D eigenvalue weighted by molar-refractivity contribution is 5.79. The maximum atomic E-state index is 12.2. The molecule has 0 spiro atoms. The van der Waals surface area contributed by atoms with Gasteiger partial charge < -0.3 is 15.8 Å². The van der Waals surface area contributed by atoms with E-state index in [0.29, 0.717) is 12.1 Å². The summed E-state index contributed by atoms with van der Waals surface area (Å²) in [6.07, 6.45) is -3.66. The van der Waals surface area contributed by atoms with Crippen LogP contribution in [0.4, 0.5) is 13.2 Å². The molecule has 7 heteroatoms. The van der Waals surface area contributed by atoms with Gasteiger partial charge in [0.05, 0.1) is 5.92 Å². The summed E-state index contributed by atoms with van der Waals surface area (Å²) in [5.41, 5.74) is 6.13. The molecule has 4 nitrogen and oxygen atoms in total. The maximum absolute atomic E-state index is 12.2. The number of hydrogen-bond acceptors (Lipinski definition) is 3. The van der Waals surface area contributed by atoms with Crippen molar-refractivity contribution in [3.63, 3.8) is 0 Å². The second-order valence-electron chi connectivity index (χ2n) is 4.62. The maximum Gasteiger partial charge on any atom is 0.573 e. The fraction of sp³-hybridized carbons (Fsp3) is 0.500. The highest BCUT2D eigenvalue weighted by Gasteiger charge is 2.31. The predicted molar refractivity (Wildman–Crippen MR) is 72.7 cm³/mol. The molecule has 0 aliphatic carbocycles. The van der Waals surface area contributed by atoms with Gasteiger partial charge in [-0.1, -0.05) is 19.1 Å². The number of carbonyl (C=O) groups is 1. The lowest BCUT2D eigenvalue weighted by Crippen LogP contribution is -2.36. The number of amides is 1. The summed E-state index contributed by atoms with van der Waals surface area (Å²) in [7, 11) is 0. The van der Waals surface area contributed by atoms with Crippen molar-refractivity contribution in [3.05, 3.63) is 29.8 Å². The quantitative estimate of drug-likeness (QED) is 0.812. The summed E-state index contributed by atoms with van der Waals surface area (Å²) < 4.78 is 40.3. The van der Waals surface area contributed by atoms with E-state index in [-0.39, 0.29) is 24.6 Å². The van der Waals surface area contributed by atoms with Gasteiger partial charge in [-0.2, -0.15) is 0 Å². The lowest BCUT2D eigenvalue weighted by molar-refractivity contribution is -0.274. The molecule has 0 fully saturated rings. The predicted octanol–water partition coefficient (Wildman–Crippen LogP) is 2.23. The Kier molecular flexibility index (Phi) is 6.48. The lowest BCUT2D eigenvalue weighted by Gasteiger charge is -2.15. The Bertz CT molecular complexity index is 464. The molecule has 0 aromatic heterocycles. The lowest BCUT2D eigenvalue weighted by atomic mass is 9.98. The highest BCUT2D eigenvalue weighted by atomic mass is 19.4. The van der Waals surface area contributed by atoms with Gasteiger partial charge in [0.25, 0.3) is 0 Å². The SMILES string of the molecule is CCCNC(=O)C(CN)Cc1cccc(OC(F)(F)F)c1. The van der Waals surface area contributed by atoms with Gasteiger partial charge in [-0.05, 0) is 30.5 Å². The van der Waals surface area contributed by atoms with Crippen LogP contribution in [0.15, 0.2) is 24.3 Å². The molecule has 0 heterocycles. The Labute approximate surface area is 121 Å². The van der Waals surface area contributed by atoms with Crippen LogP contribution in [-0.2, 0) is 11.2 Å². The zero-order chi connectivity index (χ0) is 15.9. The van der Waals surface area contributed by atoms with Crippen LogP contribution in [0.1, 0.15) is 18.9 Å². The van der Waals surface area contributed by atoms with Crippen molar-refractivity contribution >= 4 is 5.91 Å². The third kappa shape index (κ3) is 6.48. The van der Waals surface area contributed by atoms with Crippen LogP contribution in [0.2, 0.25) is 0 Å². The molecule has 1 unspecified atom stereocenters. The molecular formula is C14H19F3N2O2. The van der Waals surface area contributed by atoms with Gasteiger partial charge in [-0.15, -0.1) is 13.2 Å². The van der Waals surface area contributed by atoms with Crippen LogP contribution in [0.3, 0.4) is 0 Å². The Morgan fingerprint density at radius 2 is 2.14 bits per heavy atom. The first kappa shape index (κ1) is 17.3. The number of halogens is 3. The minimum absolute atomic E-state index is 0.125. The van der Waals surface area contributed by atoms with Crippen molar-refractivity contribution in [2.24, 2.45) is 11.7 Å². The third-order valence-electron chi connectivity index (χ3n) is 2.82. The number of ether oxygens (including phenoxy) is 1. The van der Waals surface area contributed by atoms with Crippen molar-refractivity contribution in [1.29, 1.82) is 0 Å². The molecule has 0 saturated carbocycles. The highest BCUT2D eigenvalue weighted by Crippen LogP contribution is 2.24. The van der Waals surface area contributed by atoms with Crippen molar-refractivity contribution < 1.29 is 22.7 Å². The topological polar surface area (TPSA) is 64.4 Å². The van der Waals surface area contributed by atoms with Crippen molar-refractivity contribution in [1.82, 2.24) is 5.32 Å². The largest absolute Gasteiger partial charge is 0.573 e. The molecule has 0 aliphatic heterocycles. The average molecular weight is 304 g/mol. The number of benzene rings is 1. The second kappa shape index (κ2) is 7.87.